The van der Waals surface area contributed by atoms with Crippen LogP contribution in [0.4, 0.5) is 4.39 Å². The second kappa shape index (κ2) is 13.1. The molecule has 3 aromatic rings. The van der Waals surface area contributed by atoms with E-state index < -0.39 is 48.1 Å². The predicted octanol–water partition coefficient (Wildman–Crippen LogP) is 3.72. The van der Waals surface area contributed by atoms with E-state index in [1.807, 2.05) is 13.0 Å². The summed E-state index contributed by atoms with van der Waals surface area (Å²) in [5, 5.41) is 12.3. The van der Waals surface area contributed by atoms with E-state index in [0.29, 0.717) is 23.3 Å². The number of nitrogens with one attached hydrogen (secondary N) is 1. The van der Waals surface area contributed by atoms with Crippen LogP contribution in [0.2, 0.25) is 0 Å². The van der Waals surface area contributed by atoms with Crippen LogP contribution in [0.3, 0.4) is 0 Å². The molecule has 2 N–H and O–H groups in total. The Balaban J connectivity index is 1.67. The van der Waals surface area contributed by atoms with Crippen molar-refractivity contribution in [1.82, 2.24) is 15.1 Å². The number of carbonyl (C=O) groups is 4. The molecule has 1 heterocycles. The monoisotopic (exact) mass is 561 g/mol. The highest BCUT2D eigenvalue weighted by Gasteiger charge is 2.41. The third-order valence-corrected chi connectivity index (χ3v) is 6.93. The number of methoxy groups -OCH3 is 1. The zero-order valence-electron chi connectivity index (χ0n) is 22.9. The van der Waals surface area contributed by atoms with Crippen LogP contribution in [0.1, 0.15) is 45.9 Å². The number of ether oxygens (including phenoxy) is 1. The first kappa shape index (κ1) is 29.3. The van der Waals surface area contributed by atoms with Gasteiger partial charge < -0.3 is 25.0 Å². The van der Waals surface area contributed by atoms with Crippen molar-refractivity contribution < 1.29 is 33.4 Å². The summed E-state index contributed by atoms with van der Waals surface area (Å²) in [6.45, 7) is 2.20. The number of benzene rings is 3. The third kappa shape index (κ3) is 7.27. The second-order valence-corrected chi connectivity index (χ2v) is 9.92. The molecular weight excluding hydrogens is 529 g/mol. The Labute approximate surface area is 237 Å². The molecule has 10 heteroatoms. The number of hydrogen-bond donors (Lipinski definition) is 2. The minimum absolute atomic E-state index is 0.0352. The van der Waals surface area contributed by atoms with Gasteiger partial charge in [0, 0.05) is 18.7 Å². The van der Waals surface area contributed by atoms with Crippen molar-refractivity contribution >= 4 is 23.7 Å². The van der Waals surface area contributed by atoms with Crippen LogP contribution in [0, 0.1) is 12.7 Å². The molecule has 41 heavy (non-hydrogen) atoms. The Kier molecular flexibility index (Phi) is 9.34. The first-order chi connectivity index (χ1) is 19.7. The highest BCUT2D eigenvalue weighted by atomic mass is 19.1. The van der Waals surface area contributed by atoms with Crippen molar-refractivity contribution in [2.24, 2.45) is 0 Å². The molecule has 9 nitrogen and oxygen atoms in total. The summed E-state index contributed by atoms with van der Waals surface area (Å²) >= 11 is 0. The van der Waals surface area contributed by atoms with Gasteiger partial charge in [0.05, 0.1) is 26.0 Å². The van der Waals surface area contributed by atoms with E-state index in [-0.39, 0.29) is 25.1 Å². The van der Waals surface area contributed by atoms with Crippen molar-refractivity contribution in [2.75, 3.05) is 20.2 Å². The van der Waals surface area contributed by atoms with Crippen molar-refractivity contribution in [3.8, 4) is 5.75 Å². The van der Waals surface area contributed by atoms with E-state index in [1.54, 1.807) is 42.5 Å². The highest BCUT2D eigenvalue weighted by molar-refractivity contribution is 5.99. The summed E-state index contributed by atoms with van der Waals surface area (Å²) in [7, 11) is 1.54. The second-order valence-electron chi connectivity index (χ2n) is 9.92. The number of carboxylic acids is 1. The number of amides is 3. The number of rotatable bonds is 9. The van der Waals surface area contributed by atoms with E-state index >= 15 is 0 Å². The lowest BCUT2D eigenvalue weighted by Gasteiger charge is -2.43. The van der Waals surface area contributed by atoms with Gasteiger partial charge in [-0.15, -0.1) is 0 Å². The average molecular weight is 562 g/mol. The zero-order chi connectivity index (χ0) is 29.5. The summed E-state index contributed by atoms with van der Waals surface area (Å²) in [6, 6.07) is 18.2. The summed E-state index contributed by atoms with van der Waals surface area (Å²) < 4.78 is 19.2. The van der Waals surface area contributed by atoms with Crippen molar-refractivity contribution in [3.05, 3.63) is 101 Å². The summed E-state index contributed by atoms with van der Waals surface area (Å²) in [5.74, 6) is -2.81. The molecule has 3 amide bonds. The number of carbonyl (C=O) groups excluding carboxylic acids is 3. The lowest BCUT2D eigenvalue weighted by atomic mass is 10.0. The van der Waals surface area contributed by atoms with Gasteiger partial charge in [0.1, 0.15) is 11.6 Å². The van der Waals surface area contributed by atoms with Crippen LogP contribution in [0.5, 0.6) is 5.75 Å². The van der Waals surface area contributed by atoms with Gasteiger partial charge in [-0.05, 0) is 54.8 Å². The summed E-state index contributed by atoms with van der Waals surface area (Å²) in [5.41, 5.74) is 2.18. The van der Waals surface area contributed by atoms with Gasteiger partial charge in [0.15, 0.2) is 6.17 Å². The first-order valence-electron chi connectivity index (χ1n) is 13.2. The van der Waals surface area contributed by atoms with Crippen LogP contribution in [0.15, 0.2) is 72.8 Å². The molecular formula is C31H32FN3O6. The van der Waals surface area contributed by atoms with Crippen LogP contribution < -0.4 is 10.1 Å². The molecule has 214 valence electrons. The molecule has 1 aliphatic rings. The van der Waals surface area contributed by atoms with E-state index in [2.05, 4.69) is 5.32 Å². The molecule has 1 fully saturated rings. The van der Waals surface area contributed by atoms with Crippen LogP contribution in [-0.2, 0) is 20.8 Å². The molecule has 3 aromatic carbocycles. The van der Waals surface area contributed by atoms with Crippen LogP contribution >= 0.6 is 0 Å². The Morgan fingerprint density at radius 1 is 1.00 bits per heavy atom. The largest absolute Gasteiger partial charge is 0.497 e. The van der Waals surface area contributed by atoms with Gasteiger partial charge in [-0.2, -0.15) is 0 Å². The van der Waals surface area contributed by atoms with Crippen molar-refractivity contribution in [2.45, 2.75) is 38.4 Å². The smallest absolute Gasteiger partial charge is 0.305 e. The molecule has 4 rings (SSSR count). The number of hydrogen-bond acceptors (Lipinski definition) is 5. The first-order valence-corrected chi connectivity index (χ1v) is 13.2. The fraction of sp³-hybridized carbons (Fsp3) is 0.290. The maximum Gasteiger partial charge on any atom is 0.305 e. The summed E-state index contributed by atoms with van der Waals surface area (Å²) in [6.07, 6.45) is -1.41. The predicted molar refractivity (Wildman–Crippen MR) is 149 cm³/mol. The summed E-state index contributed by atoms with van der Waals surface area (Å²) in [4.78, 5) is 55.4. The Morgan fingerprint density at radius 2 is 1.71 bits per heavy atom. The molecule has 1 saturated heterocycles. The Hall–Kier alpha value is -4.73. The fourth-order valence-corrected chi connectivity index (χ4v) is 4.95. The number of carboxylic acid groups (broad SMARTS) is 1. The zero-order valence-corrected chi connectivity index (χ0v) is 22.9. The topological polar surface area (TPSA) is 116 Å². The van der Waals surface area contributed by atoms with E-state index in [4.69, 9.17) is 4.74 Å². The number of halogens is 1. The average Bonchev–Trinajstić information content (AvgIpc) is 2.96. The van der Waals surface area contributed by atoms with Gasteiger partial charge in [-0.1, -0.05) is 48.0 Å². The molecule has 0 radical (unpaired) electrons. The standard InChI is InChI=1S/C31H32FN3O6/c1-20-6-3-7-22(16-20)26(19-28(37)38)33-29(39)30-34(27(36)17-21-10-12-25(41-2)13-11-21)14-5-15-35(30)31(40)23-8-4-9-24(32)18-23/h3-4,6-13,16,18,26,30H,5,14-15,17,19H2,1-2H3,(H,33,39)(H,37,38). The lowest BCUT2D eigenvalue weighted by Crippen LogP contribution is -2.64. The number of aryl methyl sites for hydroxylation is 1. The molecule has 0 bridgehead atoms. The van der Waals surface area contributed by atoms with Gasteiger partial charge in [0.2, 0.25) is 5.91 Å². The highest BCUT2D eigenvalue weighted by Crippen LogP contribution is 2.24. The van der Waals surface area contributed by atoms with Gasteiger partial charge in [-0.25, -0.2) is 4.39 Å². The van der Waals surface area contributed by atoms with E-state index in [1.165, 1.54) is 35.1 Å². The Morgan fingerprint density at radius 3 is 2.37 bits per heavy atom. The number of nitrogens with zero attached hydrogens (tertiary/aromatic N) is 2. The molecule has 0 aliphatic carbocycles. The Bertz CT molecular complexity index is 1430. The minimum Gasteiger partial charge on any atom is -0.497 e. The fourth-order valence-electron chi connectivity index (χ4n) is 4.95. The van der Waals surface area contributed by atoms with E-state index in [0.717, 1.165) is 11.6 Å². The third-order valence-electron chi connectivity index (χ3n) is 6.93. The molecule has 0 spiro atoms. The SMILES string of the molecule is COc1ccc(CC(=O)N2CCCN(C(=O)c3cccc(F)c3)C2C(=O)NC(CC(=O)O)c2cccc(C)c2)cc1. The quantitative estimate of drug-likeness (QED) is 0.412. The molecule has 2 atom stereocenters. The van der Waals surface area contributed by atoms with Gasteiger partial charge in [-0.3, -0.25) is 19.2 Å². The lowest BCUT2D eigenvalue weighted by molar-refractivity contribution is -0.149. The minimum atomic E-state index is -1.37. The molecule has 2 unspecified atom stereocenters. The molecule has 1 aliphatic heterocycles. The maximum absolute atomic E-state index is 14.0. The van der Waals surface area contributed by atoms with Crippen LogP contribution in [0.25, 0.3) is 0 Å². The van der Waals surface area contributed by atoms with E-state index in [9.17, 15) is 28.7 Å². The van der Waals surface area contributed by atoms with Crippen molar-refractivity contribution in [3.63, 3.8) is 0 Å². The normalized spacial score (nSPS) is 15.6. The molecule has 0 aromatic heterocycles. The molecule has 0 saturated carbocycles. The van der Waals surface area contributed by atoms with Gasteiger partial charge in [0.25, 0.3) is 11.8 Å². The van der Waals surface area contributed by atoms with Crippen molar-refractivity contribution in [1.29, 1.82) is 0 Å². The number of aliphatic carboxylic acids is 1. The van der Waals surface area contributed by atoms with Gasteiger partial charge >= 0.3 is 5.97 Å². The maximum atomic E-state index is 14.0. The van der Waals surface area contributed by atoms with Crippen LogP contribution in [-0.4, -0.2) is 65.0 Å².